The molecule has 0 spiro atoms. The monoisotopic (exact) mass is 458 g/mol. The van der Waals surface area contributed by atoms with Gasteiger partial charge in [-0.05, 0) is 36.4 Å². The molecule has 30 heavy (non-hydrogen) atoms. The third-order valence-electron chi connectivity index (χ3n) is 4.61. The standard InChI is InChI=1S/C22H16Cl2N2O3S/c23-15-10-11-19(18(24)12-15)25-22(27)14-26-13-21(17-8-4-5-9-20(17)26)30(28,29)16-6-2-1-3-7-16/h1-13H,14H2,(H,25,27). The Kier molecular flexibility index (Phi) is 5.56. The Hall–Kier alpha value is -2.80. The number of rotatable bonds is 5. The van der Waals surface area contributed by atoms with Crippen molar-refractivity contribution in [2.75, 3.05) is 5.32 Å². The summed E-state index contributed by atoms with van der Waals surface area (Å²) in [4.78, 5) is 13.0. The van der Waals surface area contributed by atoms with E-state index in [1.54, 1.807) is 71.3 Å². The van der Waals surface area contributed by atoms with Gasteiger partial charge < -0.3 is 9.88 Å². The average Bonchev–Trinajstić information content (AvgIpc) is 3.10. The Labute approximate surface area is 183 Å². The molecule has 0 bridgehead atoms. The van der Waals surface area contributed by atoms with Gasteiger partial charge in [-0.2, -0.15) is 0 Å². The van der Waals surface area contributed by atoms with Gasteiger partial charge in [0, 0.05) is 22.1 Å². The van der Waals surface area contributed by atoms with Gasteiger partial charge in [-0.1, -0.05) is 59.6 Å². The van der Waals surface area contributed by atoms with Crippen LogP contribution >= 0.6 is 23.2 Å². The summed E-state index contributed by atoms with van der Waals surface area (Å²) < 4.78 is 28.0. The predicted octanol–water partition coefficient (Wildman–Crippen LogP) is 5.42. The SMILES string of the molecule is O=C(Cn1cc(S(=O)(=O)c2ccccc2)c2ccccc21)Nc1ccc(Cl)cc1Cl. The smallest absolute Gasteiger partial charge is 0.244 e. The van der Waals surface area contributed by atoms with E-state index in [1.165, 1.54) is 12.3 Å². The number of benzene rings is 3. The van der Waals surface area contributed by atoms with Crippen LogP contribution in [0.5, 0.6) is 0 Å². The number of carbonyl (C=O) groups excluding carboxylic acids is 1. The normalized spacial score (nSPS) is 11.5. The molecule has 1 N–H and O–H groups in total. The molecule has 0 unspecified atom stereocenters. The molecular formula is C22H16Cl2N2O3S. The van der Waals surface area contributed by atoms with Gasteiger partial charge in [0.05, 0.1) is 20.5 Å². The number of amides is 1. The predicted molar refractivity (Wildman–Crippen MR) is 119 cm³/mol. The number of para-hydroxylation sites is 1. The Morgan fingerprint density at radius 3 is 2.37 bits per heavy atom. The molecule has 0 fully saturated rings. The molecule has 0 radical (unpaired) electrons. The fourth-order valence-corrected chi connectivity index (χ4v) is 5.17. The Morgan fingerprint density at radius 2 is 1.63 bits per heavy atom. The quantitative estimate of drug-likeness (QED) is 0.434. The van der Waals surface area contributed by atoms with Crippen molar-refractivity contribution in [2.45, 2.75) is 16.3 Å². The summed E-state index contributed by atoms with van der Waals surface area (Å²) in [5, 5.41) is 4.07. The number of aromatic nitrogens is 1. The Morgan fingerprint density at radius 1 is 0.933 bits per heavy atom. The van der Waals surface area contributed by atoms with Gasteiger partial charge in [0.2, 0.25) is 15.7 Å². The number of fused-ring (bicyclic) bond motifs is 1. The summed E-state index contributed by atoms with van der Waals surface area (Å²) >= 11 is 12.0. The van der Waals surface area contributed by atoms with Crippen LogP contribution in [-0.2, 0) is 21.2 Å². The van der Waals surface area contributed by atoms with E-state index in [1.807, 2.05) is 0 Å². The third-order valence-corrected chi connectivity index (χ3v) is 6.96. The minimum atomic E-state index is -3.74. The highest BCUT2D eigenvalue weighted by atomic mass is 35.5. The van der Waals surface area contributed by atoms with Gasteiger partial charge in [-0.15, -0.1) is 0 Å². The zero-order valence-electron chi connectivity index (χ0n) is 15.5. The molecule has 3 aromatic carbocycles. The first kappa shape index (κ1) is 20.5. The van der Waals surface area contributed by atoms with E-state index in [0.29, 0.717) is 26.6 Å². The molecule has 0 aliphatic heterocycles. The van der Waals surface area contributed by atoms with E-state index >= 15 is 0 Å². The van der Waals surface area contributed by atoms with Crippen molar-refractivity contribution in [3.8, 4) is 0 Å². The second kappa shape index (κ2) is 8.14. The molecule has 152 valence electrons. The number of hydrogen-bond donors (Lipinski definition) is 1. The van der Waals surface area contributed by atoms with Crippen molar-refractivity contribution in [3.05, 3.63) is 89.0 Å². The number of anilines is 1. The lowest BCUT2D eigenvalue weighted by molar-refractivity contribution is -0.116. The molecule has 4 aromatic rings. The van der Waals surface area contributed by atoms with E-state index in [9.17, 15) is 13.2 Å². The number of sulfone groups is 1. The average molecular weight is 459 g/mol. The lowest BCUT2D eigenvalue weighted by atomic mass is 10.2. The molecule has 1 amide bonds. The zero-order valence-corrected chi connectivity index (χ0v) is 17.9. The van der Waals surface area contributed by atoms with Gasteiger partial charge in [-0.25, -0.2) is 8.42 Å². The summed E-state index contributed by atoms with van der Waals surface area (Å²) in [6.07, 6.45) is 1.50. The highest BCUT2D eigenvalue weighted by Crippen LogP contribution is 2.30. The van der Waals surface area contributed by atoms with E-state index in [2.05, 4.69) is 5.32 Å². The molecule has 5 nitrogen and oxygen atoms in total. The first-order chi connectivity index (χ1) is 14.4. The van der Waals surface area contributed by atoms with Crippen LogP contribution in [0.1, 0.15) is 0 Å². The van der Waals surface area contributed by atoms with Gasteiger partial charge in [0.25, 0.3) is 0 Å². The van der Waals surface area contributed by atoms with Crippen LogP contribution < -0.4 is 5.32 Å². The molecule has 0 aliphatic carbocycles. The van der Waals surface area contributed by atoms with Gasteiger partial charge in [0.15, 0.2) is 0 Å². The second-order valence-corrected chi connectivity index (χ2v) is 9.39. The molecule has 0 atom stereocenters. The molecule has 0 aliphatic rings. The number of hydrogen-bond acceptors (Lipinski definition) is 3. The van der Waals surface area contributed by atoms with Crippen LogP contribution in [0, 0.1) is 0 Å². The fourth-order valence-electron chi connectivity index (χ4n) is 3.22. The van der Waals surface area contributed by atoms with Crippen LogP contribution in [-0.4, -0.2) is 18.9 Å². The van der Waals surface area contributed by atoms with Crippen molar-refractivity contribution >= 4 is 55.5 Å². The summed E-state index contributed by atoms with van der Waals surface area (Å²) in [5.74, 6) is -0.344. The van der Waals surface area contributed by atoms with Crippen LogP contribution in [0.25, 0.3) is 10.9 Å². The van der Waals surface area contributed by atoms with E-state index in [0.717, 1.165) is 0 Å². The molecular weight excluding hydrogens is 443 g/mol. The molecule has 0 saturated heterocycles. The summed E-state index contributed by atoms with van der Waals surface area (Å²) in [5.41, 5.74) is 1.07. The maximum absolute atomic E-state index is 13.2. The second-order valence-electron chi connectivity index (χ2n) is 6.63. The van der Waals surface area contributed by atoms with Crippen LogP contribution in [0.3, 0.4) is 0 Å². The zero-order chi connectivity index (χ0) is 21.3. The highest BCUT2D eigenvalue weighted by Gasteiger charge is 2.23. The minimum Gasteiger partial charge on any atom is -0.337 e. The Bertz CT molecular complexity index is 1350. The van der Waals surface area contributed by atoms with Crippen LogP contribution in [0.2, 0.25) is 10.0 Å². The van der Waals surface area contributed by atoms with Crippen molar-refractivity contribution in [2.24, 2.45) is 0 Å². The first-order valence-electron chi connectivity index (χ1n) is 8.99. The third kappa shape index (κ3) is 3.94. The topological polar surface area (TPSA) is 68.2 Å². The maximum atomic E-state index is 13.2. The molecule has 8 heteroatoms. The van der Waals surface area contributed by atoms with Crippen molar-refractivity contribution in [1.29, 1.82) is 0 Å². The van der Waals surface area contributed by atoms with Gasteiger partial charge >= 0.3 is 0 Å². The maximum Gasteiger partial charge on any atom is 0.244 e. The van der Waals surface area contributed by atoms with Gasteiger partial charge in [-0.3, -0.25) is 4.79 Å². The minimum absolute atomic E-state index is 0.0796. The Balaban J connectivity index is 1.70. The van der Waals surface area contributed by atoms with Crippen molar-refractivity contribution < 1.29 is 13.2 Å². The van der Waals surface area contributed by atoms with Crippen LogP contribution in [0.15, 0.2) is 88.8 Å². The van der Waals surface area contributed by atoms with Gasteiger partial charge in [0.1, 0.15) is 6.54 Å². The summed E-state index contributed by atoms with van der Waals surface area (Å²) in [7, 11) is -3.74. The fraction of sp³-hybridized carbons (Fsp3) is 0.0455. The lowest BCUT2D eigenvalue weighted by Crippen LogP contribution is -2.18. The van der Waals surface area contributed by atoms with Crippen LogP contribution in [0.4, 0.5) is 5.69 Å². The first-order valence-corrected chi connectivity index (χ1v) is 11.2. The summed E-state index contributed by atoms with van der Waals surface area (Å²) in [6.45, 7) is -0.0796. The molecule has 1 aromatic heterocycles. The van der Waals surface area contributed by atoms with Crippen molar-refractivity contribution in [3.63, 3.8) is 0 Å². The number of nitrogens with one attached hydrogen (secondary N) is 1. The van der Waals surface area contributed by atoms with Crippen molar-refractivity contribution in [1.82, 2.24) is 4.57 Å². The highest BCUT2D eigenvalue weighted by molar-refractivity contribution is 7.91. The number of carbonyl (C=O) groups is 1. The summed E-state index contributed by atoms with van der Waals surface area (Å²) in [6, 6.07) is 20.1. The van der Waals surface area contributed by atoms with E-state index in [-0.39, 0.29) is 22.2 Å². The molecule has 4 rings (SSSR count). The molecule has 1 heterocycles. The lowest BCUT2D eigenvalue weighted by Gasteiger charge is -2.09. The van der Waals surface area contributed by atoms with E-state index < -0.39 is 9.84 Å². The molecule has 0 saturated carbocycles. The van der Waals surface area contributed by atoms with E-state index in [4.69, 9.17) is 23.2 Å². The number of halogens is 2. The number of nitrogens with zero attached hydrogens (tertiary/aromatic N) is 1. The largest absolute Gasteiger partial charge is 0.337 e.